The summed E-state index contributed by atoms with van der Waals surface area (Å²) in [7, 11) is 0. The molecule has 1 aromatic carbocycles. The molecule has 1 saturated carbocycles. The Morgan fingerprint density at radius 2 is 1.86 bits per heavy atom. The Morgan fingerprint density at radius 3 is 2.47 bits per heavy atom. The van der Waals surface area contributed by atoms with E-state index in [1.54, 1.807) is 0 Å². The van der Waals surface area contributed by atoms with E-state index in [-0.39, 0.29) is 11.4 Å². The van der Waals surface area contributed by atoms with Crippen LogP contribution in [0.4, 0.5) is 0 Å². The molecule has 1 aliphatic rings. The molecule has 0 heterocycles. The zero-order valence-electron chi connectivity index (χ0n) is 23.8. The topological polar surface area (TPSA) is 26.3 Å². The SMILES string of the molecule is C=C[C@]1(C)CC[C@@H](C(C)C/C=C/c2ccc(C(=O)OCC[C@@H](C)CCC=C(C)C)cc2)C[C@H]1C(=C)C. The van der Waals surface area contributed by atoms with Crippen molar-refractivity contribution in [3.8, 4) is 0 Å². The van der Waals surface area contributed by atoms with E-state index in [2.05, 4.69) is 79.0 Å². The van der Waals surface area contributed by atoms with Crippen LogP contribution in [0.25, 0.3) is 6.08 Å². The highest BCUT2D eigenvalue weighted by Crippen LogP contribution is 2.49. The summed E-state index contributed by atoms with van der Waals surface area (Å²) in [5.41, 5.74) is 4.58. The average Bonchev–Trinajstić information content (AvgIpc) is 2.84. The van der Waals surface area contributed by atoms with Crippen molar-refractivity contribution in [2.24, 2.45) is 29.1 Å². The fourth-order valence-electron chi connectivity index (χ4n) is 5.46. The molecule has 0 N–H and O–H groups in total. The van der Waals surface area contributed by atoms with E-state index in [0.29, 0.717) is 29.9 Å². The molecule has 5 atom stereocenters. The quantitative estimate of drug-likeness (QED) is 0.203. The minimum Gasteiger partial charge on any atom is -0.462 e. The fraction of sp³-hybridized carbons (Fsp3) is 0.559. The Labute approximate surface area is 221 Å². The molecular weight excluding hydrogens is 440 g/mol. The van der Waals surface area contributed by atoms with Crippen molar-refractivity contribution in [1.82, 2.24) is 0 Å². The summed E-state index contributed by atoms with van der Waals surface area (Å²) >= 11 is 0. The molecule has 2 heteroatoms. The zero-order chi connectivity index (χ0) is 26.7. The number of carbonyl (C=O) groups excluding carboxylic acids is 1. The summed E-state index contributed by atoms with van der Waals surface area (Å²) in [4.78, 5) is 12.4. The van der Waals surface area contributed by atoms with Crippen LogP contribution in [0, 0.1) is 29.1 Å². The molecule has 0 amide bonds. The number of ether oxygens (including phenoxy) is 1. The summed E-state index contributed by atoms with van der Waals surface area (Å²) in [6, 6.07) is 7.76. The molecule has 1 unspecified atom stereocenters. The van der Waals surface area contributed by atoms with Gasteiger partial charge in [-0.3, -0.25) is 0 Å². The van der Waals surface area contributed by atoms with E-state index in [1.165, 1.54) is 30.4 Å². The first-order chi connectivity index (χ1) is 17.1. The summed E-state index contributed by atoms with van der Waals surface area (Å²) in [5, 5.41) is 0. The summed E-state index contributed by atoms with van der Waals surface area (Å²) in [6.45, 7) is 22.2. The number of esters is 1. The number of hydrogen-bond acceptors (Lipinski definition) is 2. The van der Waals surface area contributed by atoms with Crippen molar-refractivity contribution in [2.45, 2.75) is 86.5 Å². The largest absolute Gasteiger partial charge is 0.462 e. The van der Waals surface area contributed by atoms with Gasteiger partial charge in [0.15, 0.2) is 0 Å². The average molecular weight is 491 g/mol. The monoisotopic (exact) mass is 490 g/mol. The van der Waals surface area contributed by atoms with Crippen LogP contribution in [0.1, 0.15) is 102 Å². The van der Waals surface area contributed by atoms with Gasteiger partial charge in [-0.05, 0) is 112 Å². The van der Waals surface area contributed by atoms with Gasteiger partial charge in [-0.25, -0.2) is 4.79 Å². The van der Waals surface area contributed by atoms with E-state index in [4.69, 9.17) is 4.74 Å². The van der Waals surface area contributed by atoms with Gasteiger partial charge < -0.3 is 4.74 Å². The normalized spacial score (nSPS) is 23.6. The van der Waals surface area contributed by atoms with Gasteiger partial charge in [0.25, 0.3) is 0 Å². The number of rotatable bonds is 13. The number of benzene rings is 1. The third-order valence-electron chi connectivity index (χ3n) is 8.27. The van der Waals surface area contributed by atoms with Crippen LogP contribution in [-0.4, -0.2) is 12.6 Å². The first-order valence-corrected chi connectivity index (χ1v) is 13.9. The van der Waals surface area contributed by atoms with E-state index >= 15 is 0 Å². The van der Waals surface area contributed by atoms with E-state index in [1.807, 2.05) is 24.3 Å². The number of carbonyl (C=O) groups is 1. The highest BCUT2D eigenvalue weighted by molar-refractivity contribution is 5.89. The Morgan fingerprint density at radius 1 is 1.17 bits per heavy atom. The molecule has 0 bridgehead atoms. The summed E-state index contributed by atoms with van der Waals surface area (Å²) in [6.07, 6.45) is 16.7. The van der Waals surface area contributed by atoms with Gasteiger partial charge in [0.2, 0.25) is 0 Å². The first-order valence-electron chi connectivity index (χ1n) is 13.9. The van der Waals surface area contributed by atoms with Crippen LogP contribution in [0.15, 0.2) is 66.8 Å². The lowest BCUT2D eigenvalue weighted by Crippen LogP contribution is -2.35. The number of hydrogen-bond donors (Lipinski definition) is 0. The number of allylic oxidation sites excluding steroid dienone is 5. The minimum absolute atomic E-state index is 0.185. The van der Waals surface area contributed by atoms with Gasteiger partial charge in [0.05, 0.1) is 12.2 Å². The highest BCUT2D eigenvalue weighted by atomic mass is 16.5. The summed E-state index contributed by atoms with van der Waals surface area (Å²) in [5.74, 6) is 2.20. The third-order valence-corrected chi connectivity index (χ3v) is 8.27. The van der Waals surface area contributed by atoms with Gasteiger partial charge in [-0.1, -0.05) is 74.9 Å². The van der Waals surface area contributed by atoms with Gasteiger partial charge in [0, 0.05) is 0 Å². The Hall–Kier alpha value is -2.35. The second-order valence-corrected chi connectivity index (χ2v) is 11.8. The standard InChI is InChI=1S/C34H50O2/c1-9-34(8)22-20-31(24-32(34)26(4)5)28(7)14-11-15-29-16-18-30(19-17-29)33(35)36-23-21-27(6)13-10-12-25(2)3/h9,11-12,15-19,27-28,31-32H,1,4,10,13-14,20-24H2,2-3,5-8H3/b15-11+/t27-,28?,31+,32-,34+/m0/s1. The maximum absolute atomic E-state index is 12.4. The van der Waals surface area contributed by atoms with Gasteiger partial charge >= 0.3 is 5.97 Å². The van der Waals surface area contributed by atoms with E-state index in [9.17, 15) is 4.79 Å². The smallest absolute Gasteiger partial charge is 0.338 e. The molecule has 0 aliphatic heterocycles. The highest BCUT2D eigenvalue weighted by Gasteiger charge is 2.39. The molecule has 2 nitrogen and oxygen atoms in total. The fourth-order valence-corrected chi connectivity index (χ4v) is 5.46. The Kier molecular flexibility index (Phi) is 12.0. The lowest BCUT2D eigenvalue weighted by Gasteiger charge is -2.45. The lowest BCUT2D eigenvalue weighted by atomic mass is 9.60. The van der Waals surface area contributed by atoms with Crippen molar-refractivity contribution < 1.29 is 9.53 Å². The summed E-state index contributed by atoms with van der Waals surface area (Å²) < 4.78 is 5.51. The zero-order valence-corrected chi connectivity index (χ0v) is 23.8. The van der Waals surface area contributed by atoms with Crippen LogP contribution in [0.2, 0.25) is 0 Å². The molecule has 0 radical (unpaired) electrons. The van der Waals surface area contributed by atoms with Crippen molar-refractivity contribution in [3.05, 3.63) is 77.9 Å². The van der Waals surface area contributed by atoms with Crippen molar-refractivity contribution in [1.29, 1.82) is 0 Å². The molecule has 1 aliphatic carbocycles. The van der Waals surface area contributed by atoms with Crippen molar-refractivity contribution in [2.75, 3.05) is 6.61 Å². The van der Waals surface area contributed by atoms with Gasteiger partial charge in [-0.2, -0.15) is 0 Å². The molecule has 2 rings (SSSR count). The van der Waals surface area contributed by atoms with Crippen LogP contribution in [0.3, 0.4) is 0 Å². The van der Waals surface area contributed by atoms with Crippen molar-refractivity contribution >= 4 is 12.0 Å². The maximum atomic E-state index is 12.4. The molecule has 1 fully saturated rings. The van der Waals surface area contributed by atoms with E-state index in [0.717, 1.165) is 37.2 Å². The van der Waals surface area contributed by atoms with Crippen molar-refractivity contribution in [3.63, 3.8) is 0 Å². The lowest BCUT2D eigenvalue weighted by molar-refractivity contribution is 0.0484. The Bertz CT molecular complexity index is 915. The van der Waals surface area contributed by atoms with Gasteiger partial charge in [-0.15, -0.1) is 6.58 Å². The molecule has 0 aromatic heterocycles. The molecule has 36 heavy (non-hydrogen) atoms. The van der Waals surface area contributed by atoms with Gasteiger partial charge in [0.1, 0.15) is 0 Å². The Balaban J connectivity index is 1.79. The molecule has 0 spiro atoms. The van der Waals surface area contributed by atoms with Crippen LogP contribution >= 0.6 is 0 Å². The molecule has 198 valence electrons. The van der Waals surface area contributed by atoms with Crippen LogP contribution < -0.4 is 0 Å². The third kappa shape index (κ3) is 9.26. The second kappa shape index (κ2) is 14.4. The van der Waals surface area contributed by atoms with Crippen LogP contribution in [-0.2, 0) is 4.74 Å². The maximum Gasteiger partial charge on any atom is 0.338 e. The van der Waals surface area contributed by atoms with E-state index < -0.39 is 0 Å². The predicted molar refractivity (Wildman–Crippen MR) is 156 cm³/mol. The molecule has 1 aromatic rings. The predicted octanol–water partition coefficient (Wildman–Crippen LogP) is 9.84. The van der Waals surface area contributed by atoms with Crippen LogP contribution in [0.5, 0.6) is 0 Å². The first kappa shape index (κ1) is 29.9. The second-order valence-electron chi connectivity index (χ2n) is 11.8. The molecular formula is C34H50O2. The molecule has 0 saturated heterocycles. The minimum atomic E-state index is -0.230.